The molecule has 6 nitrogen and oxygen atoms in total. The van der Waals surface area contributed by atoms with E-state index in [4.69, 9.17) is 0 Å². The number of allylic oxidation sites excluding steroid dienone is 2. The van der Waals surface area contributed by atoms with Crippen LogP contribution in [0.2, 0.25) is 0 Å². The van der Waals surface area contributed by atoms with Crippen LogP contribution in [0.1, 0.15) is 12.8 Å². The third kappa shape index (κ3) is 2.59. The van der Waals surface area contributed by atoms with E-state index in [1.165, 1.54) is 0 Å². The Morgan fingerprint density at radius 3 is 2.38 bits per heavy atom. The Balaban J connectivity index is 1.78. The molecule has 1 saturated carbocycles. The van der Waals surface area contributed by atoms with Crippen molar-refractivity contribution in [2.75, 3.05) is 24.6 Å². The van der Waals surface area contributed by atoms with Crippen LogP contribution in [0.5, 0.6) is 0 Å². The van der Waals surface area contributed by atoms with Crippen molar-refractivity contribution in [3.05, 3.63) is 12.2 Å². The number of amides is 1. The number of carboxylic acids is 1. The lowest BCUT2D eigenvalue weighted by atomic mass is 9.82. The average Bonchev–Trinajstić information content (AvgIpc) is 2.97. The van der Waals surface area contributed by atoms with Gasteiger partial charge in [0, 0.05) is 13.1 Å². The van der Waals surface area contributed by atoms with Crippen molar-refractivity contribution >= 4 is 21.7 Å². The van der Waals surface area contributed by atoms with Gasteiger partial charge in [0.2, 0.25) is 5.91 Å². The van der Waals surface area contributed by atoms with Gasteiger partial charge in [0.1, 0.15) is 0 Å². The van der Waals surface area contributed by atoms with Crippen LogP contribution in [-0.2, 0) is 19.4 Å². The fourth-order valence-corrected chi connectivity index (χ4v) is 5.14. The lowest BCUT2D eigenvalue weighted by molar-refractivity contribution is -0.150. The van der Waals surface area contributed by atoms with Crippen LogP contribution in [0.4, 0.5) is 0 Å². The SMILES string of the molecule is O=C(O)C1C2C=CC(C2)C1C(=O)N1CCCS(=O)(=O)CC1. The molecular weight excluding hydrogens is 294 g/mol. The highest BCUT2D eigenvalue weighted by atomic mass is 32.2. The fourth-order valence-electron chi connectivity index (χ4n) is 3.87. The molecule has 3 aliphatic rings. The highest BCUT2D eigenvalue weighted by Crippen LogP contribution is 2.48. The Hall–Kier alpha value is -1.37. The van der Waals surface area contributed by atoms with Crippen LogP contribution < -0.4 is 0 Å². The number of nitrogens with zero attached hydrogens (tertiary/aromatic N) is 1. The van der Waals surface area contributed by atoms with Crippen LogP contribution in [-0.4, -0.2) is 54.9 Å². The van der Waals surface area contributed by atoms with Crippen molar-refractivity contribution in [1.82, 2.24) is 4.90 Å². The molecule has 1 aliphatic heterocycles. The maximum atomic E-state index is 12.7. The molecule has 1 heterocycles. The standard InChI is InChI=1S/C14H19NO5S/c16-13(15-4-1-6-21(19,20)7-5-15)11-9-2-3-10(8-9)12(11)14(17)18/h2-3,9-12H,1,4-8H2,(H,17,18). The molecule has 21 heavy (non-hydrogen) atoms. The summed E-state index contributed by atoms with van der Waals surface area (Å²) in [5.41, 5.74) is 0. The zero-order valence-corrected chi connectivity index (χ0v) is 12.5. The van der Waals surface area contributed by atoms with Gasteiger partial charge in [-0.2, -0.15) is 0 Å². The maximum absolute atomic E-state index is 12.7. The van der Waals surface area contributed by atoms with Crippen LogP contribution in [0.25, 0.3) is 0 Å². The Labute approximate surface area is 123 Å². The molecule has 2 bridgehead atoms. The Morgan fingerprint density at radius 2 is 1.71 bits per heavy atom. The number of carbonyl (C=O) groups excluding carboxylic acids is 1. The number of sulfone groups is 1. The number of carbonyl (C=O) groups is 2. The van der Waals surface area contributed by atoms with Gasteiger partial charge < -0.3 is 10.0 Å². The topological polar surface area (TPSA) is 91.8 Å². The molecule has 1 amide bonds. The first-order valence-corrected chi connectivity index (χ1v) is 9.11. The highest BCUT2D eigenvalue weighted by Gasteiger charge is 2.52. The summed E-state index contributed by atoms with van der Waals surface area (Å²) in [7, 11) is -3.07. The fraction of sp³-hybridized carbons (Fsp3) is 0.714. The van der Waals surface area contributed by atoms with Gasteiger partial charge in [-0.25, -0.2) is 8.42 Å². The minimum atomic E-state index is -3.07. The summed E-state index contributed by atoms with van der Waals surface area (Å²) >= 11 is 0. The van der Waals surface area contributed by atoms with Crippen molar-refractivity contribution in [3.8, 4) is 0 Å². The number of hydrogen-bond acceptors (Lipinski definition) is 4. The molecule has 0 aromatic heterocycles. The zero-order valence-electron chi connectivity index (χ0n) is 11.6. The second-order valence-corrected chi connectivity index (χ2v) is 8.47. The number of hydrogen-bond donors (Lipinski definition) is 1. The summed E-state index contributed by atoms with van der Waals surface area (Å²) in [4.78, 5) is 25.7. The number of fused-ring (bicyclic) bond motifs is 2. The molecule has 0 spiro atoms. The number of carboxylic acid groups (broad SMARTS) is 1. The summed E-state index contributed by atoms with van der Waals surface area (Å²) < 4.78 is 23.2. The second kappa shape index (κ2) is 5.12. The van der Waals surface area contributed by atoms with E-state index < -0.39 is 27.6 Å². The second-order valence-electron chi connectivity index (χ2n) is 6.17. The largest absolute Gasteiger partial charge is 0.481 e. The van der Waals surface area contributed by atoms with E-state index >= 15 is 0 Å². The van der Waals surface area contributed by atoms with Crippen LogP contribution in [0.15, 0.2) is 12.2 Å². The van der Waals surface area contributed by atoms with E-state index in [0.717, 1.165) is 6.42 Å². The van der Waals surface area contributed by atoms with Crippen molar-refractivity contribution in [2.45, 2.75) is 12.8 Å². The average molecular weight is 313 g/mol. The predicted molar refractivity (Wildman–Crippen MR) is 75.2 cm³/mol. The molecular formula is C14H19NO5S. The van der Waals surface area contributed by atoms with Gasteiger partial charge in [-0.05, 0) is 24.7 Å². The summed E-state index contributed by atoms with van der Waals surface area (Å²) in [6, 6.07) is 0. The predicted octanol–water partition coefficient (Wildman–Crippen LogP) is 0.156. The third-order valence-corrected chi connectivity index (χ3v) is 6.61. The maximum Gasteiger partial charge on any atom is 0.307 e. The minimum absolute atomic E-state index is 0.0107. The molecule has 4 unspecified atom stereocenters. The van der Waals surface area contributed by atoms with Gasteiger partial charge in [0.25, 0.3) is 0 Å². The minimum Gasteiger partial charge on any atom is -0.481 e. The zero-order chi connectivity index (χ0) is 15.2. The van der Waals surface area contributed by atoms with Crippen molar-refractivity contribution in [1.29, 1.82) is 0 Å². The lowest BCUT2D eigenvalue weighted by Crippen LogP contribution is -2.44. The molecule has 1 saturated heterocycles. The smallest absolute Gasteiger partial charge is 0.307 e. The van der Waals surface area contributed by atoms with E-state index in [1.54, 1.807) is 4.90 Å². The molecule has 2 fully saturated rings. The normalized spacial score (nSPS) is 37.4. The summed E-state index contributed by atoms with van der Waals surface area (Å²) in [6.45, 7) is 0.590. The van der Waals surface area contributed by atoms with Crippen molar-refractivity contribution in [3.63, 3.8) is 0 Å². The van der Waals surface area contributed by atoms with Gasteiger partial charge in [-0.15, -0.1) is 0 Å². The number of aliphatic carboxylic acids is 1. The number of rotatable bonds is 2. The van der Waals surface area contributed by atoms with Gasteiger partial charge in [-0.3, -0.25) is 9.59 Å². The quantitative estimate of drug-likeness (QED) is 0.733. The summed E-state index contributed by atoms with van der Waals surface area (Å²) in [5.74, 6) is -2.28. The molecule has 0 radical (unpaired) electrons. The highest BCUT2D eigenvalue weighted by molar-refractivity contribution is 7.91. The van der Waals surface area contributed by atoms with Crippen LogP contribution >= 0.6 is 0 Å². The Morgan fingerprint density at radius 1 is 1.05 bits per heavy atom. The van der Waals surface area contributed by atoms with E-state index in [1.807, 2.05) is 12.2 Å². The lowest BCUT2D eigenvalue weighted by Gasteiger charge is -2.29. The van der Waals surface area contributed by atoms with E-state index in [2.05, 4.69) is 0 Å². The Bertz CT molecular complexity index is 596. The van der Waals surface area contributed by atoms with Crippen molar-refractivity contribution < 1.29 is 23.1 Å². The molecule has 116 valence electrons. The van der Waals surface area contributed by atoms with Crippen LogP contribution in [0, 0.1) is 23.7 Å². The molecule has 4 atom stereocenters. The molecule has 3 rings (SSSR count). The van der Waals surface area contributed by atoms with Crippen molar-refractivity contribution in [2.24, 2.45) is 23.7 Å². The van der Waals surface area contributed by atoms with Gasteiger partial charge >= 0.3 is 5.97 Å². The molecule has 0 aromatic rings. The third-order valence-electron chi connectivity index (χ3n) is 4.90. The molecule has 1 N–H and O–H groups in total. The first-order chi connectivity index (χ1) is 9.89. The van der Waals surface area contributed by atoms with Gasteiger partial charge in [0.15, 0.2) is 9.84 Å². The molecule has 2 aliphatic carbocycles. The van der Waals surface area contributed by atoms with E-state index in [-0.39, 0.29) is 35.8 Å². The monoisotopic (exact) mass is 313 g/mol. The molecule has 7 heteroatoms. The van der Waals surface area contributed by atoms with Gasteiger partial charge in [-0.1, -0.05) is 12.2 Å². The van der Waals surface area contributed by atoms with Gasteiger partial charge in [0.05, 0.1) is 23.3 Å². The Kier molecular flexibility index (Phi) is 3.55. The summed E-state index contributed by atoms with van der Waals surface area (Å²) in [5, 5.41) is 9.39. The first kappa shape index (κ1) is 14.6. The first-order valence-electron chi connectivity index (χ1n) is 7.29. The van der Waals surface area contributed by atoms with Crippen LogP contribution in [0.3, 0.4) is 0 Å². The van der Waals surface area contributed by atoms with E-state index in [0.29, 0.717) is 13.0 Å². The summed E-state index contributed by atoms with van der Waals surface area (Å²) in [6.07, 6.45) is 5.00. The molecule has 0 aromatic carbocycles. The van der Waals surface area contributed by atoms with E-state index in [9.17, 15) is 23.1 Å².